The molecule has 0 amide bonds. The number of esters is 1. The fourth-order valence-corrected chi connectivity index (χ4v) is 1.09. The van der Waals surface area contributed by atoms with Gasteiger partial charge in [0.25, 0.3) is 0 Å². The van der Waals surface area contributed by atoms with E-state index in [4.69, 9.17) is 4.74 Å². The monoisotopic (exact) mass is 194 g/mol. The van der Waals surface area contributed by atoms with Gasteiger partial charge in [0.15, 0.2) is 6.10 Å². The van der Waals surface area contributed by atoms with Gasteiger partial charge in [0.1, 0.15) is 5.75 Å². The summed E-state index contributed by atoms with van der Waals surface area (Å²) in [5, 5.41) is 0. The molecule has 14 heavy (non-hydrogen) atoms. The van der Waals surface area contributed by atoms with Crippen LogP contribution in [-0.4, -0.2) is 19.2 Å². The van der Waals surface area contributed by atoms with Gasteiger partial charge in [0, 0.05) is 0 Å². The highest BCUT2D eigenvalue weighted by molar-refractivity contribution is 5.74. The predicted octanol–water partition coefficient (Wildman–Crippen LogP) is 2.02. The number of carbonyl (C=O) groups excluding carboxylic acids is 1. The van der Waals surface area contributed by atoms with Crippen molar-refractivity contribution in [2.75, 3.05) is 7.11 Å². The maximum absolute atomic E-state index is 11.2. The second-order valence-corrected chi connectivity index (χ2v) is 2.85. The third-order valence-electron chi connectivity index (χ3n) is 1.86. The molecule has 0 radical (unpaired) electrons. The molecule has 0 spiro atoms. The van der Waals surface area contributed by atoms with Crippen LogP contribution >= 0.6 is 0 Å². The van der Waals surface area contributed by atoms with Crippen LogP contribution in [0.2, 0.25) is 0 Å². The molecule has 1 atom stereocenters. The van der Waals surface area contributed by atoms with Gasteiger partial charge in [-0.25, -0.2) is 4.79 Å². The third kappa shape index (κ3) is 2.76. The Morgan fingerprint density at radius 3 is 2.50 bits per heavy atom. The van der Waals surface area contributed by atoms with Crippen LogP contribution in [0.3, 0.4) is 0 Å². The minimum Gasteiger partial charge on any atom is -0.479 e. The molecule has 3 nitrogen and oxygen atoms in total. The summed E-state index contributed by atoms with van der Waals surface area (Å²) in [6.07, 6.45) is 0.0871. The van der Waals surface area contributed by atoms with Crippen molar-refractivity contribution in [2.24, 2.45) is 0 Å². The van der Waals surface area contributed by atoms with Crippen LogP contribution in [-0.2, 0) is 9.53 Å². The first-order valence-electron chi connectivity index (χ1n) is 4.57. The van der Waals surface area contributed by atoms with Crippen LogP contribution < -0.4 is 4.74 Å². The molecule has 1 aromatic rings. The molecule has 0 saturated carbocycles. The first-order valence-corrected chi connectivity index (χ1v) is 4.57. The smallest absolute Gasteiger partial charge is 0.347 e. The molecule has 0 aliphatic carbocycles. The minimum atomic E-state index is -0.512. The van der Waals surface area contributed by atoms with Crippen LogP contribution in [0.1, 0.15) is 13.3 Å². The standard InChI is InChI=1S/C11H14O3/c1-3-10(11(12)13-2)14-9-7-5-4-6-8-9/h4-8,10H,3H2,1-2H3/t10-/m0/s1. The number of methoxy groups -OCH3 is 1. The van der Waals surface area contributed by atoms with Crippen LogP contribution in [0.15, 0.2) is 30.3 Å². The van der Waals surface area contributed by atoms with Crippen molar-refractivity contribution in [2.45, 2.75) is 19.4 Å². The van der Waals surface area contributed by atoms with Gasteiger partial charge in [0.2, 0.25) is 0 Å². The average Bonchev–Trinajstić information content (AvgIpc) is 2.26. The van der Waals surface area contributed by atoms with Crippen molar-refractivity contribution in [3.8, 4) is 5.75 Å². The normalized spacial score (nSPS) is 11.9. The summed E-state index contributed by atoms with van der Waals surface area (Å²) in [5.41, 5.74) is 0. The second kappa shape index (κ2) is 5.27. The van der Waals surface area contributed by atoms with E-state index >= 15 is 0 Å². The highest BCUT2D eigenvalue weighted by Gasteiger charge is 2.18. The van der Waals surface area contributed by atoms with Gasteiger partial charge < -0.3 is 9.47 Å². The summed E-state index contributed by atoms with van der Waals surface area (Å²) in [7, 11) is 1.36. The number of carbonyl (C=O) groups is 1. The minimum absolute atomic E-state index is 0.337. The van der Waals surface area contributed by atoms with Gasteiger partial charge in [-0.1, -0.05) is 25.1 Å². The number of para-hydroxylation sites is 1. The van der Waals surface area contributed by atoms with Crippen molar-refractivity contribution in [1.29, 1.82) is 0 Å². The number of rotatable bonds is 4. The summed E-state index contributed by atoms with van der Waals surface area (Å²) >= 11 is 0. The molecule has 0 aliphatic heterocycles. The molecule has 1 rings (SSSR count). The molecule has 76 valence electrons. The lowest BCUT2D eigenvalue weighted by molar-refractivity contribution is -0.148. The Morgan fingerprint density at radius 1 is 1.36 bits per heavy atom. The van der Waals surface area contributed by atoms with E-state index in [0.717, 1.165) is 0 Å². The molecule has 1 aromatic carbocycles. The van der Waals surface area contributed by atoms with Crippen molar-refractivity contribution < 1.29 is 14.3 Å². The van der Waals surface area contributed by atoms with Gasteiger partial charge in [-0.15, -0.1) is 0 Å². The molecule has 0 heterocycles. The number of ether oxygens (including phenoxy) is 2. The van der Waals surface area contributed by atoms with Gasteiger partial charge in [0.05, 0.1) is 7.11 Å². The van der Waals surface area contributed by atoms with Crippen molar-refractivity contribution >= 4 is 5.97 Å². The molecule has 3 heteroatoms. The highest BCUT2D eigenvalue weighted by atomic mass is 16.6. The largest absolute Gasteiger partial charge is 0.479 e. The summed E-state index contributed by atoms with van der Waals surface area (Å²) < 4.78 is 10.1. The van der Waals surface area contributed by atoms with E-state index in [9.17, 15) is 4.79 Å². The SMILES string of the molecule is CC[C@H](Oc1ccccc1)C(=O)OC. The zero-order chi connectivity index (χ0) is 10.4. The lowest BCUT2D eigenvalue weighted by atomic mass is 10.2. The molecule has 0 bridgehead atoms. The molecule has 0 aromatic heterocycles. The molecular formula is C11H14O3. The van der Waals surface area contributed by atoms with E-state index in [1.54, 1.807) is 0 Å². The first kappa shape index (κ1) is 10.6. The Kier molecular flexibility index (Phi) is 3.98. The van der Waals surface area contributed by atoms with Crippen LogP contribution in [0.5, 0.6) is 5.75 Å². The van der Waals surface area contributed by atoms with E-state index in [1.165, 1.54) is 7.11 Å². The Labute approximate surface area is 83.6 Å². The second-order valence-electron chi connectivity index (χ2n) is 2.85. The Bertz CT molecular complexity index is 282. The van der Waals surface area contributed by atoms with Crippen molar-refractivity contribution in [3.05, 3.63) is 30.3 Å². The van der Waals surface area contributed by atoms with Gasteiger partial charge in [-0.3, -0.25) is 0 Å². The van der Waals surface area contributed by atoms with E-state index < -0.39 is 6.10 Å². The Balaban J connectivity index is 2.62. The highest BCUT2D eigenvalue weighted by Crippen LogP contribution is 2.12. The van der Waals surface area contributed by atoms with Gasteiger partial charge >= 0.3 is 5.97 Å². The van der Waals surface area contributed by atoms with Crippen molar-refractivity contribution in [3.63, 3.8) is 0 Å². The van der Waals surface area contributed by atoms with Crippen LogP contribution in [0.25, 0.3) is 0 Å². The van der Waals surface area contributed by atoms with Gasteiger partial charge in [-0.2, -0.15) is 0 Å². The summed E-state index contributed by atoms with van der Waals surface area (Å²) in [6, 6.07) is 9.24. The van der Waals surface area contributed by atoms with Crippen LogP contribution in [0.4, 0.5) is 0 Å². The summed E-state index contributed by atoms with van der Waals surface area (Å²) in [5.74, 6) is 0.348. The molecule has 0 aliphatic rings. The average molecular weight is 194 g/mol. The van der Waals surface area contributed by atoms with Crippen LogP contribution in [0, 0.1) is 0 Å². The fourth-order valence-electron chi connectivity index (χ4n) is 1.09. The zero-order valence-corrected chi connectivity index (χ0v) is 8.40. The first-order chi connectivity index (χ1) is 6.77. The molecule has 0 unspecified atom stereocenters. The van der Waals surface area contributed by atoms with E-state index in [0.29, 0.717) is 12.2 Å². The fraction of sp³-hybridized carbons (Fsp3) is 0.364. The molecule has 0 N–H and O–H groups in total. The quantitative estimate of drug-likeness (QED) is 0.688. The molecule has 0 saturated heterocycles. The molecular weight excluding hydrogens is 180 g/mol. The zero-order valence-electron chi connectivity index (χ0n) is 8.40. The molecule has 0 fully saturated rings. The van der Waals surface area contributed by atoms with E-state index in [-0.39, 0.29) is 5.97 Å². The summed E-state index contributed by atoms with van der Waals surface area (Å²) in [6.45, 7) is 1.88. The van der Waals surface area contributed by atoms with E-state index in [2.05, 4.69) is 4.74 Å². The maximum atomic E-state index is 11.2. The van der Waals surface area contributed by atoms with Crippen molar-refractivity contribution in [1.82, 2.24) is 0 Å². The third-order valence-corrected chi connectivity index (χ3v) is 1.86. The number of hydrogen-bond donors (Lipinski definition) is 0. The maximum Gasteiger partial charge on any atom is 0.347 e. The number of benzene rings is 1. The lowest BCUT2D eigenvalue weighted by Gasteiger charge is -2.14. The Morgan fingerprint density at radius 2 is 2.00 bits per heavy atom. The topological polar surface area (TPSA) is 35.5 Å². The summed E-state index contributed by atoms with van der Waals surface area (Å²) in [4.78, 5) is 11.2. The lowest BCUT2D eigenvalue weighted by Crippen LogP contribution is -2.27. The van der Waals surface area contributed by atoms with E-state index in [1.807, 2.05) is 37.3 Å². The Hall–Kier alpha value is -1.51. The number of hydrogen-bond acceptors (Lipinski definition) is 3. The predicted molar refractivity (Wildman–Crippen MR) is 53.2 cm³/mol. The van der Waals surface area contributed by atoms with Gasteiger partial charge in [-0.05, 0) is 18.6 Å².